The minimum atomic E-state index is -0.170. The van der Waals surface area contributed by atoms with Gasteiger partial charge in [0.15, 0.2) is 18.1 Å². The van der Waals surface area contributed by atoms with Crippen LogP contribution in [0.2, 0.25) is 5.02 Å². The van der Waals surface area contributed by atoms with Crippen molar-refractivity contribution in [1.82, 2.24) is 0 Å². The van der Waals surface area contributed by atoms with E-state index in [1.165, 1.54) is 0 Å². The van der Waals surface area contributed by atoms with Gasteiger partial charge in [-0.05, 0) is 24.3 Å². The quantitative estimate of drug-likeness (QED) is 0.783. The van der Waals surface area contributed by atoms with Crippen molar-refractivity contribution in [1.29, 1.82) is 0 Å². The molecule has 2 aromatic rings. The predicted octanol–water partition coefficient (Wildman–Crippen LogP) is 3.61. The Morgan fingerprint density at radius 2 is 1.68 bits per heavy atom. The summed E-state index contributed by atoms with van der Waals surface area (Å²) >= 11 is 5.96. The van der Waals surface area contributed by atoms with Gasteiger partial charge in [-0.25, -0.2) is 0 Å². The molecule has 0 N–H and O–H groups in total. The molecule has 0 bridgehead atoms. The van der Waals surface area contributed by atoms with Crippen molar-refractivity contribution in [3.05, 3.63) is 59.1 Å². The van der Waals surface area contributed by atoms with Crippen LogP contribution >= 0.6 is 11.6 Å². The van der Waals surface area contributed by atoms with Gasteiger partial charge in [0.2, 0.25) is 5.78 Å². The Kier molecular flexibility index (Phi) is 4.42. The Hall–Kier alpha value is -2.00. The van der Waals surface area contributed by atoms with Crippen molar-refractivity contribution in [3.63, 3.8) is 0 Å². The van der Waals surface area contributed by atoms with Crippen molar-refractivity contribution < 1.29 is 14.3 Å². The number of rotatable bonds is 5. The molecule has 0 saturated heterocycles. The summed E-state index contributed by atoms with van der Waals surface area (Å²) in [6.45, 7) is -0.0793. The summed E-state index contributed by atoms with van der Waals surface area (Å²) in [6.07, 6.45) is 0. The van der Waals surface area contributed by atoms with Crippen LogP contribution in [0.4, 0.5) is 0 Å². The van der Waals surface area contributed by atoms with Gasteiger partial charge >= 0.3 is 0 Å². The summed E-state index contributed by atoms with van der Waals surface area (Å²) in [5.41, 5.74) is 0.457. The Labute approximate surface area is 116 Å². The normalized spacial score (nSPS) is 10.0. The van der Waals surface area contributed by atoms with Crippen LogP contribution in [-0.4, -0.2) is 19.5 Å². The molecule has 0 unspecified atom stereocenters. The van der Waals surface area contributed by atoms with E-state index >= 15 is 0 Å². The minimum Gasteiger partial charge on any atom is -0.493 e. The second-order valence-electron chi connectivity index (χ2n) is 3.84. The van der Waals surface area contributed by atoms with Gasteiger partial charge in [0.1, 0.15) is 0 Å². The molecule has 0 aliphatic heterocycles. The van der Waals surface area contributed by atoms with Crippen LogP contribution in [0.25, 0.3) is 0 Å². The molecule has 0 heterocycles. The third kappa shape index (κ3) is 3.26. The average Bonchev–Trinajstić information content (AvgIpc) is 2.45. The number of ether oxygens (including phenoxy) is 2. The number of hydrogen-bond donors (Lipinski definition) is 0. The van der Waals surface area contributed by atoms with Crippen molar-refractivity contribution >= 4 is 17.4 Å². The van der Waals surface area contributed by atoms with Gasteiger partial charge in [0.05, 0.1) is 12.1 Å². The van der Waals surface area contributed by atoms with E-state index in [1.54, 1.807) is 43.5 Å². The third-order valence-electron chi connectivity index (χ3n) is 2.60. The minimum absolute atomic E-state index is 0.0793. The standard InChI is InChI=1S/C15H13ClO3/c1-18-14-8-4-5-9-15(14)19-10-13(17)11-6-2-3-7-12(11)16/h2-9H,10H2,1H3. The van der Waals surface area contributed by atoms with Crippen molar-refractivity contribution in [2.75, 3.05) is 13.7 Å². The molecule has 0 saturated carbocycles. The zero-order valence-electron chi connectivity index (χ0n) is 10.4. The molecule has 0 atom stereocenters. The van der Waals surface area contributed by atoms with Crippen LogP contribution in [0.15, 0.2) is 48.5 Å². The van der Waals surface area contributed by atoms with E-state index < -0.39 is 0 Å². The molecular formula is C15H13ClO3. The van der Waals surface area contributed by atoms with Crippen LogP contribution < -0.4 is 9.47 Å². The number of para-hydroxylation sites is 2. The number of ketones is 1. The molecule has 0 aliphatic rings. The Morgan fingerprint density at radius 1 is 1.05 bits per heavy atom. The number of hydrogen-bond acceptors (Lipinski definition) is 3. The largest absolute Gasteiger partial charge is 0.493 e. The van der Waals surface area contributed by atoms with E-state index in [2.05, 4.69) is 0 Å². The Balaban J connectivity index is 2.07. The fourth-order valence-electron chi connectivity index (χ4n) is 1.65. The molecule has 2 aromatic carbocycles. The van der Waals surface area contributed by atoms with Gasteiger partial charge in [-0.15, -0.1) is 0 Å². The topological polar surface area (TPSA) is 35.5 Å². The van der Waals surface area contributed by atoms with E-state index in [-0.39, 0.29) is 12.4 Å². The first-order valence-electron chi connectivity index (χ1n) is 5.76. The van der Waals surface area contributed by atoms with Crippen molar-refractivity contribution in [2.45, 2.75) is 0 Å². The van der Waals surface area contributed by atoms with Gasteiger partial charge in [0, 0.05) is 5.56 Å². The van der Waals surface area contributed by atoms with E-state index in [9.17, 15) is 4.79 Å². The maximum absolute atomic E-state index is 12.0. The van der Waals surface area contributed by atoms with Crippen LogP contribution in [0.1, 0.15) is 10.4 Å². The number of carbonyl (C=O) groups is 1. The number of benzene rings is 2. The van der Waals surface area contributed by atoms with E-state index in [4.69, 9.17) is 21.1 Å². The molecule has 2 rings (SSSR count). The van der Waals surface area contributed by atoms with Crippen molar-refractivity contribution in [2.24, 2.45) is 0 Å². The third-order valence-corrected chi connectivity index (χ3v) is 2.93. The second-order valence-corrected chi connectivity index (χ2v) is 4.25. The first kappa shape index (κ1) is 13.4. The fraction of sp³-hybridized carbons (Fsp3) is 0.133. The monoisotopic (exact) mass is 276 g/mol. The Morgan fingerprint density at radius 3 is 2.37 bits per heavy atom. The summed E-state index contributed by atoms with van der Waals surface area (Å²) in [7, 11) is 1.55. The van der Waals surface area contributed by atoms with Crippen LogP contribution in [0.5, 0.6) is 11.5 Å². The summed E-state index contributed by atoms with van der Waals surface area (Å²) < 4.78 is 10.6. The van der Waals surface area contributed by atoms with Gasteiger partial charge in [0.25, 0.3) is 0 Å². The van der Waals surface area contributed by atoms with Crippen LogP contribution in [0.3, 0.4) is 0 Å². The first-order chi connectivity index (χ1) is 9.22. The summed E-state index contributed by atoms with van der Waals surface area (Å²) in [4.78, 5) is 12.0. The molecular weight excluding hydrogens is 264 g/mol. The van der Waals surface area contributed by atoms with E-state index in [0.717, 1.165) is 0 Å². The maximum Gasteiger partial charge on any atom is 0.201 e. The highest BCUT2D eigenvalue weighted by Gasteiger charge is 2.11. The van der Waals surface area contributed by atoms with Crippen molar-refractivity contribution in [3.8, 4) is 11.5 Å². The van der Waals surface area contributed by atoms with E-state index in [0.29, 0.717) is 22.1 Å². The molecule has 0 aliphatic carbocycles. The molecule has 0 radical (unpaired) electrons. The smallest absolute Gasteiger partial charge is 0.201 e. The zero-order chi connectivity index (χ0) is 13.7. The van der Waals surface area contributed by atoms with Gasteiger partial charge < -0.3 is 9.47 Å². The van der Waals surface area contributed by atoms with Crippen LogP contribution in [0, 0.1) is 0 Å². The van der Waals surface area contributed by atoms with Crippen LogP contribution in [-0.2, 0) is 0 Å². The Bertz CT molecular complexity index is 581. The second kappa shape index (κ2) is 6.25. The number of methoxy groups -OCH3 is 1. The van der Waals surface area contributed by atoms with E-state index in [1.807, 2.05) is 12.1 Å². The predicted molar refractivity (Wildman–Crippen MR) is 74.3 cm³/mol. The lowest BCUT2D eigenvalue weighted by Gasteiger charge is -2.10. The number of Topliss-reactive ketones (excluding diaryl/α,β-unsaturated/α-hetero) is 1. The molecule has 19 heavy (non-hydrogen) atoms. The lowest BCUT2D eigenvalue weighted by Crippen LogP contribution is -2.12. The van der Waals surface area contributed by atoms with Gasteiger partial charge in [-0.3, -0.25) is 4.79 Å². The van der Waals surface area contributed by atoms with Gasteiger partial charge in [-0.1, -0.05) is 35.9 Å². The molecule has 0 fully saturated rings. The fourth-order valence-corrected chi connectivity index (χ4v) is 1.89. The summed E-state index contributed by atoms with van der Waals surface area (Å²) in [5, 5.41) is 0.427. The number of halogens is 1. The first-order valence-corrected chi connectivity index (χ1v) is 6.13. The molecule has 0 spiro atoms. The maximum atomic E-state index is 12.0. The summed E-state index contributed by atoms with van der Waals surface area (Å²) in [5.74, 6) is 0.955. The highest BCUT2D eigenvalue weighted by atomic mass is 35.5. The summed E-state index contributed by atoms with van der Waals surface area (Å²) in [6, 6.07) is 14.1. The lowest BCUT2D eigenvalue weighted by molar-refractivity contribution is 0.0919. The molecule has 4 heteroatoms. The molecule has 98 valence electrons. The molecule has 0 aromatic heterocycles. The number of carbonyl (C=O) groups excluding carboxylic acids is 1. The highest BCUT2D eigenvalue weighted by Crippen LogP contribution is 2.26. The highest BCUT2D eigenvalue weighted by molar-refractivity contribution is 6.34. The SMILES string of the molecule is COc1ccccc1OCC(=O)c1ccccc1Cl. The zero-order valence-corrected chi connectivity index (χ0v) is 11.2. The molecule has 3 nitrogen and oxygen atoms in total. The average molecular weight is 277 g/mol. The molecule has 0 amide bonds. The lowest BCUT2D eigenvalue weighted by atomic mass is 10.1. The van der Waals surface area contributed by atoms with Gasteiger partial charge in [-0.2, -0.15) is 0 Å².